The first-order chi connectivity index (χ1) is 11.1. The molecule has 0 aromatic heterocycles. The van der Waals surface area contributed by atoms with Crippen molar-refractivity contribution in [3.8, 4) is 11.5 Å². The van der Waals surface area contributed by atoms with Crippen molar-refractivity contribution >= 4 is 11.9 Å². The van der Waals surface area contributed by atoms with Crippen LogP contribution < -0.4 is 14.9 Å². The maximum Gasteiger partial charge on any atom is 0.161 e. The van der Waals surface area contributed by atoms with Gasteiger partial charge in [0, 0.05) is 0 Å². The molecule has 0 atom stereocenters. The fourth-order valence-electron chi connectivity index (χ4n) is 2.09. The van der Waals surface area contributed by atoms with Crippen LogP contribution >= 0.6 is 0 Å². The molecule has 122 valence electrons. The van der Waals surface area contributed by atoms with Crippen LogP contribution in [0.3, 0.4) is 0 Å². The van der Waals surface area contributed by atoms with Gasteiger partial charge in [0.25, 0.3) is 0 Å². The van der Waals surface area contributed by atoms with E-state index < -0.39 is 0 Å². The van der Waals surface area contributed by atoms with Gasteiger partial charge in [0.1, 0.15) is 0 Å². The number of nitrogens with zero attached hydrogens (tertiary/aromatic N) is 1. The molecule has 0 fully saturated rings. The van der Waals surface area contributed by atoms with Gasteiger partial charge in [-0.05, 0) is 67.3 Å². The standard InChI is InChI=1S/C19H24N2O2/c1-5-10-23-19-12-16(7-9-18(19)22-4)13-20-21-17-8-6-14(2)15(3)11-17/h6-9,11-13,21H,5,10H2,1-4H3/b20-13+. The second-order valence-corrected chi connectivity index (χ2v) is 5.43. The van der Waals surface area contributed by atoms with Crippen molar-refractivity contribution in [2.24, 2.45) is 5.10 Å². The van der Waals surface area contributed by atoms with Crippen LogP contribution in [0.2, 0.25) is 0 Å². The molecular formula is C19H24N2O2. The highest BCUT2D eigenvalue weighted by Crippen LogP contribution is 2.27. The quantitative estimate of drug-likeness (QED) is 0.602. The van der Waals surface area contributed by atoms with Crippen LogP contribution in [0, 0.1) is 13.8 Å². The van der Waals surface area contributed by atoms with Gasteiger partial charge in [0.05, 0.1) is 25.6 Å². The highest BCUT2D eigenvalue weighted by molar-refractivity contribution is 5.81. The monoisotopic (exact) mass is 312 g/mol. The van der Waals surface area contributed by atoms with E-state index in [0.717, 1.165) is 29.2 Å². The molecule has 2 aromatic rings. The average Bonchev–Trinajstić information content (AvgIpc) is 2.56. The average molecular weight is 312 g/mol. The van der Waals surface area contributed by atoms with Crippen molar-refractivity contribution in [1.29, 1.82) is 0 Å². The summed E-state index contributed by atoms with van der Waals surface area (Å²) < 4.78 is 11.0. The minimum absolute atomic E-state index is 0.665. The first-order valence-electron chi connectivity index (χ1n) is 7.81. The number of hydrogen-bond acceptors (Lipinski definition) is 4. The first-order valence-corrected chi connectivity index (χ1v) is 7.81. The Morgan fingerprint density at radius 1 is 1.04 bits per heavy atom. The van der Waals surface area contributed by atoms with Gasteiger partial charge < -0.3 is 9.47 Å². The van der Waals surface area contributed by atoms with Crippen LogP contribution in [0.4, 0.5) is 5.69 Å². The smallest absolute Gasteiger partial charge is 0.161 e. The highest BCUT2D eigenvalue weighted by Gasteiger charge is 2.04. The van der Waals surface area contributed by atoms with E-state index in [-0.39, 0.29) is 0 Å². The van der Waals surface area contributed by atoms with Gasteiger partial charge in [-0.15, -0.1) is 0 Å². The topological polar surface area (TPSA) is 42.8 Å². The zero-order valence-electron chi connectivity index (χ0n) is 14.2. The van der Waals surface area contributed by atoms with Gasteiger partial charge >= 0.3 is 0 Å². The van der Waals surface area contributed by atoms with Crippen LogP contribution in [0.25, 0.3) is 0 Å². The van der Waals surface area contributed by atoms with Gasteiger partial charge in [0.15, 0.2) is 11.5 Å². The number of rotatable bonds is 7. The maximum atomic E-state index is 5.70. The lowest BCUT2D eigenvalue weighted by Crippen LogP contribution is -1.99. The van der Waals surface area contributed by atoms with Gasteiger partial charge in [-0.2, -0.15) is 5.10 Å². The van der Waals surface area contributed by atoms with E-state index in [2.05, 4.69) is 43.4 Å². The molecule has 0 amide bonds. The molecular weight excluding hydrogens is 288 g/mol. The molecule has 4 heteroatoms. The third kappa shape index (κ3) is 4.74. The molecule has 1 N–H and O–H groups in total. The van der Waals surface area contributed by atoms with Crippen LogP contribution in [0.1, 0.15) is 30.0 Å². The van der Waals surface area contributed by atoms with Gasteiger partial charge in [-0.3, -0.25) is 5.43 Å². The van der Waals surface area contributed by atoms with Crippen molar-refractivity contribution in [2.75, 3.05) is 19.1 Å². The third-order valence-electron chi connectivity index (χ3n) is 3.56. The van der Waals surface area contributed by atoms with Gasteiger partial charge in [0.2, 0.25) is 0 Å². The maximum absolute atomic E-state index is 5.70. The minimum atomic E-state index is 0.665. The molecule has 4 nitrogen and oxygen atoms in total. The summed E-state index contributed by atoms with van der Waals surface area (Å²) >= 11 is 0. The zero-order chi connectivity index (χ0) is 16.7. The first kappa shape index (κ1) is 16.9. The molecule has 0 heterocycles. The van der Waals surface area contributed by atoms with E-state index in [4.69, 9.17) is 9.47 Å². The Kier molecular flexibility index (Phi) is 6.03. The van der Waals surface area contributed by atoms with Crippen LogP contribution in [-0.4, -0.2) is 19.9 Å². The summed E-state index contributed by atoms with van der Waals surface area (Å²) in [6, 6.07) is 11.9. The van der Waals surface area contributed by atoms with E-state index in [1.807, 2.05) is 24.3 Å². The van der Waals surface area contributed by atoms with Crippen LogP contribution in [0.5, 0.6) is 11.5 Å². The van der Waals surface area contributed by atoms with Crippen LogP contribution in [-0.2, 0) is 0 Å². The highest BCUT2D eigenvalue weighted by atomic mass is 16.5. The predicted molar refractivity (Wildman–Crippen MR) is 95.9 cm³/mol. The van der Waals surface area contributed by atoms with Crippen molar-refractivity contribution in [2.45, 2.75) is 27.2 Å². The Labute approximate surface area is 138 Å². The zero-order valence-corrected chi connectivity index (χ0v) is 14.2. The van der Waals surface area contributed by atoms with E-state index in [9.17, 15) is 0 Å². The molecule has 0 unspecified atom stereocenters. The Hall–Kier alpha value is -2.49. The lowest BCUT2D eigenvalue weighted by atomic mass is 10.1. The lowest BCUT2D eigenvalue weighted by Gasteiger charge is -2.10. The molecule has 0 saturated heterocycles. The molecule has 2 rings (SSSR count). The Morgan fingerprint density at radius 2 is 1.87 bits per heavy atom. The largest absolute Gasteiger partial charge is 0.493 e. The number of anilines is 1. The molecule has 0 saturated carbocycles. The Morgan fingerprint density at radius 3 is 2.57 bits per heavy atom. The molecule has 0 aliphatic carbocycles. The number of methoxy groups -OCH3 is 1. The van der Waals surface area contributed by atoms with E-state index in [1.165, 1.54) is 11.1 Å². The number of nitrogens with one attached hydrogen (secondary N) is 1. The van der Waals surface area contributed by atoms with Crippen LogP contribution in [0.15, 0.2) is 41.5 Å². The minimum Gasteiger partial charge on any atom is -0.493 e. The number of aryl methyl sites for hydroxylation is 2. The Balaban J connectivity index is 2.07. The summed E-state index contributed by atoms with van der Waals surface area (Å²) in [5, 5.41) is 4.29. The molecule has 23 heavy (non-hydrogen) atoms. The number of ether oxygens (including phenoxy) is 2. The van der Waals surface area contributed by atoms with E-state index in [1.54, 1.807) is 13.3 Å². The summed E-state index contributed by atoms with van der Waals surface area (Å²) in [6.07, 6.45) is 2.73. The van der Waals surface area contributed by atoms with Crippen molar-refractivity contribution in [1.82, 2.24) is 0 Å². The molecule has 2 aromatic carbocycles. The molecule has 0 spiro atoms. The fourth-order valence-corrected chi connectivity index (χ4v) is 2.09. The van der Waals surface area contributed by atoms with E-state index >= 15 is 0 Å². The lowest BCUT2D eigenvalue weighted by molar-refractivity contribution is 0.294. The Bertz CT molecular complexity index is 681. The molecule has 0 aliphatic rings. The van der Waals surface area contributed by atoms with E-state index in [0.29, 0.717) is 6.61 Å². The molecule has 0 radical (unpaired) electrons. The summed E-state index contributed by atoms with van der Waals surface area (Å²) in [7, 11) is 1.64. The van der Waals surface area contributed by atoms with Crippen molar-refractivity contribution in [3.63, 3.8) is 0 Å². The SMILES string of the molecule is CCCOc1cc(/C=N/Nc2ccc(C)c(C)c2)ccc1OC. The number of hydrogen-bond donors (Lipinski definition) is 1. The normalized spacial score (nSPS) is 10.8. The predicted octanol–water partition coefficient (Wildman–Crippen LogP) is 4.55. The number of benzene rings is 2. The van der Waals surface area contributed by atoms with Gasteiger partial charge in [-0.1, -0.05) is 13.0 Å². The van der Waals surface area contributed by atoms with Gasteiger partial charge in [-0.25, -0.2) is 0 Å². The van der Waals surface area contributed by atoms with Crippen molar-refractivity contribution in [3.05, 3.63) is 53.1 Å². The summed E-state index contributed by atoms with van der Waals surface area (Å²) in [5.74, 6) is 1.47. The number of hydrazone groups is 1. The summed E-state index contributed by atoms with van der Waals surface area (Å²) in [4.78, 5) is 0. The second kappa shape index (κ2) is 8.22. The third-order valence-corrected chi connectivity index (χ3v) is 3.56. The summed E-state index contributed by atoms with van der Waals surface area (Å²) in [6.45, 7) is 6.92. The summed E-state index contributed by atoms with van der Waals surface area (Å²) in [5.41, 5.74) is 7.49. The molecule has 0 bridgehead atoms. The second-order valence-electron chi connectivity index (χ2n) is 5.43. The molecule has 0 aliphatic heterocycles. The fraction of sp³-hybridized carbons (Fsp3) is 0.316. The van der Waals surface area contributed by atoms with Crippen molar-refractivity contribution < 1.29 is 9.47 Å².